The van der Waals surface area contributed by atoms with Crippen LogP contribution in [0.5, 0.6) is 0 Å². The fraction of sp³-hybridized carbons (Fsp3) is 0.429. The number of nitrogens with one attached hydrogen (secondary N) is 2. The fourth-order valence-electron chi connectivity index (χ4n) is 2.19. The number of imidazole rings is 1. The number of rotatable bonds is 5. The average Bonchev–Trinajstić information content (AvgIpc) is 3.06. The monoisotopic (exact) mass is 259 g/mol. The normalized spacial score (nSPS) is 16.5. The summed E-state index contributed by atoms with van der Waals surface area (Å²) in [5.74, 6) is 0.803. The molecule has 0 spiro atoms. The van der Waals surface area contributed by atoms with Crippen molar-refractivity contribution in [3.05, 3.63) is 30.1 Å². The first kappa shape index (κ1) is 12.2. The molecule has 3 N–H and O–H groups in total. The minimum Gasteiger partial charge on any atom is -0.394 e. The van der Waals surface area contributed by atoms with Crippen molar-refractivity contribution in [3.63, 3.8) is 0 Å². The molecule has 100 valence electrons. The van der Waals surface area contributed by atoms with Gasteiger partial charge in [-0.1, -0.05) is 12.1 Å². The van der Waals surface area contributed by atoms with Crippen molar-refractivity contribution in [1.82, 2.24) is 15.3 Å². The highest BCUT2D eigenvalue weighted by Crippen LogP contribution is 2.34. The molecule has 19 heavy (non-hydrogen) atoms. The lowest BCUT2D eigenvalue weighted by molar-refractivity contribution is -0.122. The van der Waals surface area contributed by atoms with E-state index in [1.54, 1.807) is 0 Å². The molecule has 1 amide bonds. The molecule has 0 bridgehead atoms. The highest BCUT2D eigenvalue weighted by Gasteiger charge is 2.43. The van der Waals surface area contributed by atoms with E-state index in [2.05, 4.69) is 15.3 Å². The maximum atomic E-state index is 11.8. The van der Waals surface area contributed by atoms with Crippen LogP contribution in [0, 0.1) is 0 Å². The number of hydrogen-bond acceptors (Lipinski definition) is 3. The van der Waals surface area contributed by atoms with Gasteiger partial charge in [-0.25, -0.2) is 4.98 Å². The standard InChI is InChI=1S/C14H17N3O2/c18-9-14(7-8-14)17-13(19)6-5-12-15-10-3-1-2-4-11(10)16-12/h1-4,18H,5-9H2,(H,15,16)(H,17,19). The zero-order valence-corrected chi connectivity index (χ0v) is 10.6. The number of para-hydroxylation sites is 2. The Hall–Kier alpha value is -1.88. The van der Waals surface area contributed by atoms with Crippen LogP contribution in [0.4, 0.5) is 0 Å². The van der Waals surface area contributed by atoms with Gasteiger partial charge in [0.2, 0.25) is 5.91 Å². The number of aryl methyl sites for hydroxylation is 1. The molecule has 0 aliphatic heterocycles. The summed E-state index contributed by atoms with van der Waals surface area (Å²) in [6.07, 6.45) is 2.73. The molecule has 0 unspecified atom stereocenters. The third kappa shape index (κ3) is 2.61. The number of aromatic nitrogens is 2. The Labute approximate surface area is 111 Å². The van der Waals surface area contributed by atoms with Gasteiger partial charge in [-0.15, -0.1) is 0 Å². The minimum atomic E-state index is -0.328. The van der Waals surface area contributed by atoms with Gasteiger partial charge in [-0.2, -0.15) is 0 Å². The lowest BCUT2D eigenvalue weighted by atomic mass is 10.2. The van der Waals surface area contributed by atoms with Gasteiger partial charge in [0.15, 0.2) is 0 Å². The Morgan fingerprint density at radius 2 is 2.21 bits per heavy atom. The number of hydrogen-bond donors (Lipinski definition) is 3. The molecule has 2 aromatic rings. The predicted molar refractivity (Wildman–Crippen MR) is 71.6 cm³/mol. The van der Waals surface area contributed by atoms with Gasteiger partial charge in [0.25, 0.3) is 0 Å². The number of benzene rings is 1. The highest BCUT2D eigenvalue weighted by atomic mass is 16.3. The number of nitrogens with zero attached hydrogens (tertiary/aromatic N) is 1. The van der Waals surface area contributed by atoms with Crippen LogP contribution in [0.1, 0.15) is 25.1 Å². The second kappa shape index (κ2) is 4.66. The zero-order valence-electron chi connectivity index (χ0n) is 10.6. The second-order valence-corrected chi connectivity index (χ2v) is 5.19. The minimum absolute atomic E-state index is 0.0213. The molecule has 1 aromatic heterocycles. The molecule has 0 saturated heterocycles. The Morgan fingerprint density at radius 1 is 1.42 bits per heavy atom. The van der Waals surface area contributed by atoms with E-state index in [1.807, 2.05) is 24.3 Å². The first-order valence-electron chi connectivity index (χ1n) is 6.56. The predicted octanol–water partition coefficient (Wildman–Crippen LogP) is 1.14. The molecule has 1 heterocycles. The summed E-state index contributed by atoms with van der Waals surface area (Å²) in [6, 6.07) is 7.81. The zero-order chi connectivity index (χ0) is 13.3. The summed E-state index contributed by atoms with van der Waals surface area (Å²) >= 11 is 0. The van der Waals surface area contributed by atoms with Gasteiger partial charge in [-0.05, 0) is 25.0 Å². The van der Waals surface area contributed by atoms with Gasteiger partial charge in [-0.3, -0.25) is 4.79 Å². The van der Waals surface area contributed by atoms with Crippen LogP contribution in [0.2, 0.25) is 0 Å². The Bertz CT molecular complexity index is 569. The van der Waals surface area contributed by atoms with Crippen LogP contribution < -0.4 is 5.32 Å². The van der Waals surface area contributed by atoms with Crippen LogP contribution in [0.15, 0.2) is 24.3 Å². The maximum Gasteiger partial charge on any atom is 0.220 e. The summed E-state index contributed by atoms with van der Waals surface area (Å²) in [4.78, 5) is 19.4. The SMILES string of the molecule is O=C(CCc1nc2ccccc2[nH]1)NC1(CO)CC1. The molecule has 5 heteroatoms. The van der Waals surface area contributed by atoms with E-state index in [0.29, 0.717) is 12.8 Å². The van der Waals surface area contributed by atoms with Crippen LogP contribution in [0.25, 0.3) is 11.0 Å². The molecule has 0 radical (unpaired) electrons. The summed E-state index contributed by atoms with van der Waals surface area (Å²) in [7, 11) is 0. The van der Waals surface area contributed by atoms with Gasteiger partial charge in [0.05, 0.1) is 23.2 Å². The van der Waals surface area contributed by atoms with Crippen molar-refractivity contribution in [3.8, 4) is 0 Å². The van der Waals surface area contributed by atoms with Gasteiger partial charge >= 0.3 is 0 Å². The molecule has 1 aliphatic carbocycles. The van der Waals surface area contributed by atoms with E-state index in [1.165, 1.54) is 0 Å². The van der Waals surface area contributed by atoms with Crippen molar-refractivity contribution >= 4 is 16.9 Å². The lowest BCUT2D eigenvalue weighted by Gasteiger charge is -2.13. The van der Waals surface area contributed by atoms with E-state index >= 15 is 0 Å². The Balaban J connectivity index is 1.58. The van der Waals surface area contributed by atoms with Gasteiger partial charge in [0, 0.05) is 12.8 Å². The number of aliphatic hydroxyl groups excluding tert-OH is 1. The van der Waals surface area contributed by atoms with E-state index in [0.717, 1.165) is 29.7 Å². The first-order valence-corrected chi connectivity index (χ1v) is 6.56. The highest BCUT2D eigenvalue weighted by molar-refractivity contribution is 5.78. The lowest BCUT2D eigenvalue weighted by Crippen LogP contribution is -2.39. The molecule has 1 saturated carbocycles. The molecule has 0 atom stereocenters. The van der Waals surface area contributed by atoms with Crippen molar-refractivity contribution < 1.29 is 9.90 Å². The third-order valence-electron chi connectivity index (χ3n) is 3.59. The summed E-state index contributed by atoms with van der Waals surface area (Å²) in [6.45, 7) is 0.0311. The topological polar surface area (TPSA) is 78.0 Å². The molecular formula is C14H17N3O2. The number of amides is 1. The second-order valence-electron chi connectivity index (χ2n) is 5.19. The number of carbonyl (C=O) groups is 1. The largest absolute Gasteiger partial charge is 0.394 e. The summed E-state index contributed by atoms with van der Waals surface area (Å²) in [5, 5.41) is 12.0. The van der Waals surface area contributed by atoms with E-state index in [9.17, 15) is 4.79 Å². The van der Waals surface area contributed by atoms with Crippen molar-refractivity contribution in [1.29, 1.82) is 0 Å². The van der Waals surface area contributed by atoms with Gasteiger partial charge in [0.1, 0.15) is 5.82 Å². The fourth-order valence-corrected chi connectivity index (χ4v) is 2.19. The van der Waals surface area contributed by atoms with Gasteiger partial charge < -0.3 is 15.4 Å². The number of aliphatic hydroxyl groups is 1. The van der Waals surface area contributed by atoms with E-state index in [4.69, 9.17) is 5.11 Å². The average molecular weight is 259 g/mol. The quantitative estimate of drug-likeness (QED) is 0.753. The summed E-state index contributed by atoms with van der Waals surface area (Å²) < 4.78 is 0. The van der Waals surface area contributed by atoms with Crippen molar-refractivity contribution in [2.75, 3.05) is 6.61 Å². The smallest absolute Gasteiger partial charge is 0.220 e. The third-order valence-corrected chi connectivity index (χ3v) is 3.59. The molecule has 1 fully saturated rings. The Kier molecular flexibility index (Phi) is 2.98. The maximum absolute atomic E-state index is 11.8. The molecule has 1 aromatic carbocycles. The number of aromatic amines is 1. The van der Waals surface area contributed by atoms with Crippen molar-refractivity contribution in [2.24, 2.45) is 0 Å². The molecular weight excluding hydrogens is 242 g/mol. The van der Waals surface area contributed by atoms with E-state index < -0.39 is 0 Å². The first-order chi connectivity index (χ1) is 9.21. The number of carbonyl (C=O) groups excluding carboxylic acids is 1. The van der Waals surface area contributed by atoms with Crippen LogP contribution in [-0.4, -0.2) is 33.1 Å². The van der Waals surface area contributed by atoms with E-state index in [-0.39, 0.29) is 18.1 Å². The molecule has 3 rings (SSSR count). The van der Waals surface area contributed by atoms with Crippen LogP contribution in [-0.2, 0) is 11.2 Å². The number of fused-ring (bicyclic) bond motifs is 1. The molecule has 5 nitrogen and oxygen atoms in total. The number of H-pyrrole nitrogens is 1. The van der Waals surface area contributed by atoms with Crippen LogP contribution >= 0.6 is 0 Å². The summed E-state index contributed by atoms with van der Waals surface area (Å²) in [5.41, 5.74) is 1.59. The Morgan fingerprint density at radius 3 is 2.89 bits per heavy atom. The molecule has 1 aliphatic rings. The van der Waals surface area contributed by atoms with Crippen molar-refractivity contribution in [2.45, 2.75) is 31.2 Å². The van der Waals surface area contributed by atoms with Crippen LogP contribution in [0.3, 0.4) is 0 Å².